The van der Waals surface area contributed by atoms with Crippen LogP contribution in [0, 0.1) is 0 Å². The number of methoxy groups -OCH3 is 1. The minimum Gasteiger partial charge on any atom is -0.497 e. The molecule has 34 rings (SSSR count). The predicted molar refractivity (Wildman–Crippen MR) is 333 cm³/mol. The average Bonchev–Trinajstić information content (AvgIpc) is 1.56. The summed E-state index contributed by atoms with van der Waals surface area (Å²) >= 11 is 0. The van der Waals surface area contributed by atoms with E-state index in [4.69, 9.17) is 4.74 Å². The van der Waals surface area contributed by atoms with Gasteiger partial charge in [0.1, 0.15) is 5.75 Å². The first-order valence-corrected chi connectivity index (χ1v) is 32.3. The molecule has 0 saturated carbocycles. The summed E-state index contributed by atoms with van der Waals surface area (Å²) in [5.41, 5.74) is 11.0. The van der Waals surface area contributed by atoms with E-state index >= 15 is 0 Å². The summed E-state index contributed by atoms with van der Waals surface area (Å²) in [5.74, 6) is 0.950. The number of hydrogen-bond acceptors (Lipinski definition) is 1. The fraction of sp³-hybridized carbons (Fsp3) is 0.0789. The molecular weight excluding hydrogens is 957 g/mol. The van der Waals surface area contributed by atoms with Gasteiger partial charge in [0.25, 0.3) is 0 Å². The number of hydrogen-bond donors (Lipinski definition) is 0. The molecule has 0 radical (unpaired) electrons. The first kappa shape index (κ1) is 31.2. The van der Waals surface area contributed by atoms with Crippen LogP contribution in [-0.4, -0.2) is 15.2 Å². The van der Waals surface area contributed by atoms with E-state index in [9.17, 15) is 0 Å². The van der Waals surface area contributed by atoms with Crippen LogP contribution < -0.4 is 9.92 Å². The third-order valence-corrected chi connectivity index (χ3v) is 30.5. The maximum absolute atomic E-state index is 6.16. The van der Waals surface area contributed by atoms with Crippen LogP contribution in [0.4, 0.5) is 0 Å². The Balaban J connectivity index is 1.10. The van der Waals surface area contributed by atoms with Crippen molar-refractivity contribution in [1.82, 2.24) is 0 Å². The Hall–Kier alpha value is -9.08. The van der Waals surface area contributed by atoms with Gasteiger partial charge in [0.2, 0.25) is 0 Å². The topological polar surface area (TPSA) is 9.23 Å². The highest BCUT2D eigenvalue weighted by Crippen LogP contribution is 2.85. The van der Waals surface area contributed by atoms with Crippen molar-refractivity contribution in [1.29, 1.82) is 0 Å². The lowest BCUT2D eigenvalue weighted by Crippen LogP contribution is -2.51. The van der Waals surface area contributed by atoms with Crippen molar-refractivity contribution in [2.45, 2.75) is 30.0 Å². The van der Waals surface area contributed by atoms with Gasteiger partial charge < -0.3 is 4.74 Å². The van der Waals surface area contributed by atoms with Crippen molar-refractivity contribution in [2.24, 2.45) is 0 Å². The van der Waals surface area contributed by atoms with Gasteiger partial charge in [-0.15, -0.1) is 0 Å². The normalized spacial score (nSPS) is 20.9. The van der Waals surface area contributed by atoms with Crippen LogP contribution in [0.15, 0.2) is 54.6 Å². The molecule has 0 saturated heterocycles. The van der Waals surface area contributed by atoms with Crippen molar-refractivity contribution in [2.75, 3.05) is 7.11 Å². The molecule has 5 aliphatic rings. The molecule has 2 heteroatoms. The number of rotatable bonds is 5. The van der Waals surface area contributed by atoms with Gasteiger partial charge in [-0.25, -0.2) is 0 Å². The molecule has 334 valence electrons. The molecule has 0 bridgehead atoms. The fourth-order valence-electron chi connectivity index (χ4n) is 26.6. The second-order valence-corrected chi connectivity index (χ2v) is 33.3. The molecule has 0 spiro atoms. The van der Waals surface area contributed by atoms with Crippen molar-refractivity contribution >= 4 is 293 Å². The SMILES string of the molecule is COc1ccc(C23c4c5c6c7c8c9c%10c%11c(c2c2c%12c3c3c%13c4c6c4c6c7c7c8c8c%10c%10c%14c%11c2c2c%11c%12c%12c3c3c%13c4c4c6c6c7c7c8c%10c8c(c%142)c2c%11c%12c%10c3c4c3c%10c2c8c7c63)C59C[Si](C)(C)c2ccccc2)cc1. The third kappa shape index (κ3) is 1.81. The van der Waals surface area contributed by atoms with E-state index in [1.807, 2.05) is 7.11 Å². The van der Waals surface area contributed by atoms with E-state index in [2.05, 4.69) is 67.7 Å². The summed E-state index contributed by atoms with van der Waals surface area (Å²) in [6.07, 6.45) is 0. The molecule has 2 unspecified atom stereocenters. The Morgan fingerprint density at radius 2 is 0.513 bits per heavy atom. The lowest BCUT2D eigenvalue weighted by Gasteiger charge is -2.51. The molecule has 0 aliphatic heterocycles. The van der Waals surface area contributed by atoms with Gasteiger partial charge in [-0.1, -0.05) is 60.7 Å². The Labute approximate surface area is 431 Å². The summed E-state index contributed by atoms with van der Waals surface area (Å²) < 4.78 is 6.16. The number of benzene rings is 19. The molecule has 0 N–H and O–H groups in total. The summed E-state index contributed by atoms with van der Waals surface area (Å²) in [7, 11) is -0.441. The highest BCUT2D eigenvalue weighted by Gasteiger charge is 2.67. The first-order chi connectivity index (χ1) is 38.6. The molecule has 2 atom stereocenters. The largest absolute Gasteiger partial charge is 0.497 e. The Kier molecular flexibility index (Phi) is 2.96. The molecule has 0 fully saturated rings. The maximum Gasteiger partial charge on any atom is 0.118 e. The average molecular weight is 977 g/mol. The molecular formula is C76H20OSi. The highest BCUT2D eigenvalue weighted by molar-refractivity contribution is 6.90. The molecule has 0 amide bonds. The van der Waals surface area contributed by atoms with Crippen molar-refractivity contribution in [3.63, 3.8) is 0 Å². The quantitative estimate of drug-likeness (QED) is 0.123. The van der Waals surface area contributed by atoms with Gasteiger partial charge in [0.05, 0.1) is 20.6 Å². The zero-order chi connectivity index (χ0) is 47.5. The van der Waals surface area contributed by atoms with E-state index in [0.29, 0.717) is 0 Å². The molecule has 78 heavy (non-hydrogen) atoms. The van der Waals surface area contributed by atoms with Crippen LogP contribution >= 0.6 is 0 Å². The van der Waals surface area contributed by atoms with Crippen LogP contribution in [0.5, 0.6) is 5.75 Å². The molecule has 29 aromatic carbocycles. The first-order valence-electron chi connectivity index (χ1n) is 29.1. The molecule has 5 aliphatic carbocycles. The summed E-state index contributed by atoms with van der Waals surface area (Å²) in [6.45, 7) is 5.56. The lowest BCUT2D eigenvalue weighted by atomic mass is 9.52. The minimum absolute atomic E-state index is 0.330. The van der Waals surface area contributed by atoms with Crippen molar-refractivity contribution < 1.29 is 4.74 Å². The van der Waals surface area contributed by atoms with Gasteiger partial charge in [-0.2, -0.15) is 0 Å². The fourth-order valence-corrected chi connectivity index (χ4v) is 29.8. The van der Waals surface area contributed by atoms with E-state index in [1.54, 1.807) is 319 Å². The predicted octanol–water partition coefficient (Wildman–Crippen LogP) is 19.6. The summed E-state index contributed by atoms with van der Waals surface area (Å²) in [5, 5.41) is 87.6. The monoisotopic (exact) mass is 976 g/mol. The number of ether oxygens (including phenoxy) is 1. The third-order valence-electron chi connectivity index (χ3n) is 27.2. The van der Waals surface area contributed by atoms with Crippen LogP contribution in [0.2, 0.25) is 19.1 Å². The van der Waals surface area contributed by atoms with Crippen LogP contribution in [-0.2, 0) is 10.8 Å². The summed E-state index contributed by atoms with van der Waals surface area (Å²) in [6, 6.07) is 23.0. The smallest absolute Gasteiger partial charge is 0.118 e. The standard InChI is InChI=1S/C76H20OSi/c1-77-15-11-9-14(10-12-15)76-70-62-53-46-33-26-20-19-21-17-18-22(20)31(33)37-35-24(18)27-23(17)34-36-30(21)32-25(19)28-29(26)40-47-39(28)48-45(32)52-50(36)54-41(34)43-38(27)44-42(35)55(51(37)53)66(70)68-57(44)56(43)67-65(54)69-61(52)58(48)63-60(47)64(59(62)49(40)46)73(76)71(63)75(69,72(67)74(68)76)13-78(2,3)16-7-5-4-6-8-16/h4-12H,13H2,1-3H3. The Morgan fingerprint density at radius 1 is 0.269 bits per heavy atom. The molecule has 0 heterocycles. The molecule has 1 nitrogen and oxygen atoms in total. The Morgan fingerprint density at radius 3 is 0.859 bits per heavy atom. The Bertz CT molecular complexity index is 7900. The van der Waals surface area contributed by atoms with Crippen molar-refractivity contribution in [3.8, 4) is 5.75 Å². The van der Waals surface area contributed by atoms with E-state index < -0.39 is 13.5 Å². The van der Waals surface area contributed by atoms with Gasteiger partial charge in [-0.05, 0) is 337 Å². The van der Waals surface area contributed by atoms with E-state index in [1.165, 1.54) is 11.6 Å². The zero-order valence-electron chi connectivity index (χ0n) is 41.3. The highest BCUT2D eigenvalue weighted by atomic mass is 28.3. The second kappa shape index (κ2) is 7.39. The van der Waals surface area contributed by atoms with Crippen LogP contribution in [0.25, 0.3) is 280 Å². The van der Waals surface area contributed by atoms with Gasteiger partial charge in [-0.3, -0.25) is 0 Å². The minimum atomic E-state index is -2.30. The van der Waals surface area contributed by atoms with Gasteiger partial charge in [0.15, 0.2) is 0 Å². The van der Waals surface area contributed by atoms with Gasteiger partial charge >= 0.3 is 0 Å². The van der Waals surface area contributed by atoms with E-state index in [0.717, 1.165) is 5.75 Å². The lowest BCUT2D eigenvalue weighted by molar-refractivity contribution is 0.414. The second-order valence-electron chi connectivity index (χ2n) is 28.6. The van der Waals surface area contributed by atoms with E-state index in [-0.39, 0.29) is 5.41 Å². The summed E-state index contributed by atoms with van der Waals surface area (Å²) in [4.78, 5) is 0. The van der Waals surface area contributed by atoms with Crippen molar-refractivity contribution in [3.05, 3.63) is 93.5 Å². The zero-order valence-corrected chi connectivity index (χ0v) is 42.3. The molecule has 0 aromatic heterocycles. The maximum atomic E-state index is 6.16. The van der Waals surface area contributed by atoms with Crippen LogP contribution in [0.3, 0.4) is 0 Å². The molecule has 29 aromatic rings. The van der Waals surface area contributed by atoms with Crippen LogP contribution in [0.1, 0.15) is 38.9 Å². The van der Waals surface area contributed by atoms with Gasteiger partial charge in [0, 0.05) is 5.41 Å².